The number of nitrogens with zero attached hydrogens (tertiary/aromatic N) is 1. The largest absolute Gasteiger partial charge is 0.480 e. The van der Waals surface area contributed by atoms with Crippen LogP contribution in [0.25, 0.3) is 0 Å². The fraction of sp³-hybridized carbons (Fsp3) is 0.643. The van der Waals surface area contributed by atoms with Crippen LogP contribution in [-0.2, 0) is 14.4 Å². The molecule has 0 aromatic carbocycles. The Balaban J connectivity index is 5.03. The molecule has 0 heterocycles. The number of nitrogens with one attached hydrogen (secondary N) is 4. The number of hydrogen-bond acceptors (Lipinski definition) is 7. The monoisotopic (exact) mass is 387 g/mol. The summed E-state index contributed by atoms with van der Waals surface area (Å²) in [7, 11) is 0. The molecule has 0 radical (unpaired) electrons. The Kier molecular flexibility index (Phi) is 11.1. The van der Waals surface area contributed by atoms with E-state index in [-0.39, 0.29) is 37.7 Å². The molecule has 2 atom stereocenters. The zero-order chi connectivity index (χ0) is 21.0. The number of carboxylic acid groups (broad SMARTS) is 1. The second-order valence-corrected chi connectivity index (χ2v) is 5.73. The highest BCUT2D eigenvalue weighted by atomic mass is 16.4. The number of carbonyl (C=O) groups is 3. The smallest absolute Gasteiger partial charge is 0.326 e. The number of amides is 2. The molecule has 0 rings (SSSR count). The molecule has 0 saturated heterocycles. The van der Waals surface area contributed by atoms with Crippen molar-refractivity contribution in [2.75, 3.05) is 19.6 Å². The maximum atomic E-state index is 12.6. The van der Waals surface area contributed by atoms with Crippen molar-refractivity contribution in [1.29, 1.82) is 10.8 Å². The second kappa shape index (κ2) is 12.4. The molecule has 13 nitrogen and oxygen atoms in total. The van der Waals surface area contributed by atoms with Crippen LogP contribution in [-0.4, -0.2) is 71.4 Å². The molecule has 0 aliphatic carbocycles. The molecule has 0 bridgehead atoms. The van der Waals surface area contributed by atoms with Gasteiger partial charge in [0.25, 0.3) is 0 Å². The quantitative estimate of drug-likeness (QED) is 0.0911. The Morgan fingerprint density at radius 2 is 1.48 bits per heavy atom. The third kappa shape index (κ3) is 9.37. The number of rotatable bonds is 12. The molecule has 0 aromatic rings. The molecule has 0 aliphatic rings. The van der Waals surface area contributed by atoms with Gasteiger partial charge in [-0.15, -0.1) is 0 Å². The third-order valence-electron chi connectivity index (χ3n) is 3.57. The van der Waals surface area contributed by atoms with E-state index in [1.54, 1.807) is 0 Å². The summed E-state index contributed by atoms with van der Waals surface area (Å²) in [5.41, 5.74) is 21.4. The van der Waals surface area contributed by atoms with Gasteiger partial charge in [0.2, 0.25) is 11.8 Å². The van der Waals surface area contributed by atoms with Crippen LogP contribution >= 0.6 is 0 Å². The van der Waals surface area contributed by atoms with E-state index in [1.807, 2.05) is 0 Å². The van der Waals surface area contributed by atoms with Gasteiger partial charge in [-0.1, -0.05) is 0 Å². The molecular weight excluding hydrogens is 358 g/mol. The van der Waals surface area contributed by atoms with Crippen LogP contribution in [0.15, 0.2) is 0 Å². The van der Waals surface area contributed by atoms with Crippen molar-refractivity contribution in [3.63, 3.8) is 0 Å². The molecule has 0 fully saturated rings. The van der Waals surface area contributed by atoms with E-state index >= 15 is 0 Å². The Labute approximate surface area is 156 Å². The predicted octanol–water partition coefficient (Wildman–Crippen LogP) is -3.39. The Morgan fingerprint density at radius 1 is 1.00 bits per heavy atom. The average Bonchev–Trinajstić information content (AvgIpc) is 2.59. The molecule has 13 heteroatoms. The van der Waals surface area contributed by atoms with Crippen molar-refractivity contribution >= 4 is 29.7 Å². The normalized spacial score (nSPS) is 12.5. The van der Waals surface area contributed by atoms with Gasteiger partial charge in [0, 0.05) is 13.1 Å². The standard InChI is InChI=1S/C14H29N9O4/c15-7-10(24)23(9(12(26)27)4-2-6-22-14(19)20)11(25)8(16)3-1-5-21-13(17)18/h8-9H,1-7,15-16H2,(H,26,27)(H4,17,18,21)(H4,19,20,22)/t8?,9-/m0/s1. The van der Waals surface area contributed by atoms with E-state index in [2.05, 4.69) is 10.6 Å². The highest BCUT2D eigenvalue weighted by molar-refractivity contribution is 6.01. The molecule has 1 unspecified atom stereocenters. The molecule has 27 heavy (non-hydrogen) atoms. The number of carbonyl (C=O) groups excluding carboxylic acids is 2. The van der Waals surface area contributed by atoms with Gasteiger partial charge in [-0.2, -0.15) is 0 Å². The average molecular weight is 387 g/mol. The van der Waals surface area contributed by atoms with Gasteiger partial charge in [0.05, 0.1) is 12.6 Å². The number of imide groups is 1. The summed E-state index contributed by atoms with van der Waals surface area (Å²) in [6, 6.07) is -2.53. The molecule has 0 aromatic heterocycles. The number of carboxylic acids is 1. The summed E-state index contributed by atoms with van der Waals surface area (Å²) in [5.74, 6) is -3.53. The Morgan fingerprint density at radius 3 is 1.89 bits per heavy atom. The fourth-order valence-corrected chi connectivity index (χ4v) is 2.28. The lowest BCUT2D eigenvalue weighted by Gasteiger charge is -2.29. The van der Waals surface area contributed by atoms with Crippen LogP contribution in [0.2, 0.25) is 0 Å². The first-order chi connectivity index (χ1) is 12.6. The topological polar surface area (TPSA) is 251 Å². The molecular formula is C14H29N9O4. The van der Waals surface area contributed by atoms with Crippen LogP contribution in [0.3, 0.4) is 0 Å². The highest BCUT2D eigenvalue weighted by Gasteiger charge is 2.35. The summed E-state index contributed by atoms with van der Waals surface area (Å²) in [4.78, 5) is 36.8. The molecule has 154 valence electrons. The van der Waals surface area contributed by atoms with Crippen LogP contribution in [0, 0.1) is 10.8 Å². The maximum absolute atomic E-state index is 12.6. The van der Waals surface area contributed by atoms with Gasteiger partial charge in [-0.05, 0) is 25.7 Å². The molecule has 0 saturated carbocycles. The van der Waals surface area contributed by atoms with E-state index < -0.39 is 36.4 Å². The van der Waals surface area contributed by atoms with Gasteiger partial charge >= 0.3 is 5.97 Å². The second-order valence-electron chi connectivity index (χ2n) is 5.73. The van der Waals surface area contributed by atoms with Crippen LogP contribution < -0.4 is 33.6 Å². The lowest BCUT2D eigenvalue weighted by Crippen LogP contribution is -2.56. The number of hydrogen-bond donors (Lipinski definition) is 9. The number of guanidine groups is 2. The molecule has 0 aliphatic heterocycles. The van der Waals surface area contributed by atoms with Crippen molar-refractivity contribution < 1.29 is 19.5 Å². The lowest BCUT2D eigenvalue weighted by molar-refractivity contribution is -0.158. The van der Waals surface area contributed by atoms with E-state index in [0.29, 0.717) is 17.9 Å². The van der Waals surface area contributed by atoms with E-state index in [4.69, 9.17) is 33.8 Å². The first kappa shape index (κ1) is 24.1. The maximum Gasteiger partial charge on any atom is 0.326 e. The van der Waals surface area contributed by atoms with Crippen molar-refractivity contribution in [3.8, 4) is 0 Å². The number of nitrogens with two attached hydrogens (primary N) is 4. The zero-order valence-corrected chi connectivity index (χ0v) is 15.0. The minimum absolute atomic E-state index is 0.0499. The van der Waals surface area contributed by atoms with Crippen molar-refractivity contribution in [1.82, 2.24) is 15.5 Å². The lowest BCUT2D eigenvalue weighted by atomic mass is 10.1. The molecule has 13 N–H and O–H groups in total. The number of aliphatic carboxylic acids is 1. The molecule has 2 amide bonds. The summed E-state index contributed by atoms with van der Waals surface area (Å²) in [6.45, 7) is -0.0270. The van der Waals surface area contributed by atoms with Crippen molar-refractivity contribution in [3.05, 3.63) is 0 Å². The van der Waals surface area contributed by atoms with Crippen molar-refractivity contribution in [2.45, 2.75) is 37.8 Å². The SMILES string of the molecule is N=C(N)NCCCC(N)C(=O)N(C(=O)CN)[C@@H](CCCNC(=N)N)C(=O)O. The van der Waals surface area contributed by atoms with E-state index in [9.17, 15) is 19.5 Å². The summed E-state index contributed by atoms with van der Waals surface area (Å²) >= 11 is 0. The highest BCUT2D eigenvalue weighted by Crippen LogP contribution is 2.12. The van der Waals surface area contributed by atoms with Gasteiger partial charge in [-0.3, -0.25) is 25.3 Å². The minimum Gasteiger partial charge on any atom is -0.480 e. The Bertz CT molecular complexity index is 555. The summed E-state index contributed by atoms with van der Waals surface area (Å²) in [6.07, 6.45) is 0.741. The predicted molar refractivity (Wildman–Crippen MR) is 98.6 cm³/mol. The zero-order valence-electron chi connectivity index (χ0n) is 15.0. The summed E-state index contributed by atoms with van der Waals surface area (Å²) in [5, 5.41) is 28.6. The third-order valence-corrected chi connectivity index (χ3v) is 3.57. The van der Waals surface area contributed by atoms with Crippen LogP contribution in [0.5, 0.6) is 0 Å². The van der Waals surface area contributed by atoms with Gasteiger partial charge in [-0.25, -0.2) is 4.79 Å². The Hall–Kier alpha value is -2.93. The van der Waals surface area contributed by atoms with E-state index in [0.717, 1.165) is 0 Å². The van der Waals surface area contributed by atoms with Crippen LogP contribution in [0.4, 0.5) is 0 Å². The fourth-order valence-electron chi connectivity index (χ4n) is 2.28. The van der Waals surface area contributed by atoms with Gasteiger partial charge in [0.1, 0.15) is 6.04 Å². The minimum atomic E-state index is -1.43. The summed E-state index contributed by atoms with van der Waals surface area (Å²) < 4.78 is 0. The van der Waals surface area contributed by atoms with Crippen LogP contribution in [0.1, 0.15) is 25.7 Å². The van der Waals surface area contributed by atoms with Gasteiger partial charge in [0.15, 0.2) is 11.9 Å². The van der Waals surface area contributed by atoms with Gasteiger partial charge < -0.3 is 38.7 Å². The van der Waals surface area contributed by atoms with E-state index in [1.165, 1.54) is 0 Å². The first-order valence-corrected chi connectivity index (χ1v) is 8.31. The molecule has 0 spiro atoms. The van der Waals surface area contributed by atoms with Crippen molar-refractivity contribution in [2.24, 2.45) is 22.9 Å². The first-order valence-electron chi connectivity index (χ1n) is 8.31.